The van der Waals surface area contributed by atoms with E-state index in [-0.39, 0.29) is 6.03 Å². The van der Waals surface area contributed by atoms with Crippen molar-refractivity contribution in [2.24, 2.45) is 5.73 Å². The number of primary amides is 1. The van der Waals surface area contributed by atoms with Gasteiger partial charge in [0.2, 0.25) is 5.91 Å². The van der Waals surface area contributed by atoms with E-state index in [0.29, 0.717) is 24.4 Å². The molecule has 0 saturated carbocycles. The van der Waals surface area contributed by atoms with Crippen LogP contribution < -0.4 is 21.1 Å². The SMILES string of the molecule is Cc1ccc(NC(=O)NCCOc2c(C)cccc2C)cc1C(N)=O. The molecule has 0 atom stereocenters. The molecule has 2 aromatic rings. The van der Waals surface area contributed by atoms with Crippen molar-refractivity contribution in [2.75, 3.05) is 18.5 Å². The molecule has 0 aliphatic carbocycles. The van der Waals surface area contributed by atoms with E-state index in [9.17, 15) is 9.59 Å². The van der Waals surface area contributed by atoms with Gasteiger partial charge in [-0.1, -0.05) is 24.3 Å². The maximum atomic E-state index is 11.9. The number of benzene rings is 2. The van der Waals surface area contributed by atoms with Crippen LogP contribution in [0.15, 0.2) is 36.4 Å². The Labute approximate surface area is 147 Å². The molecule has 0 fully saturated rings. The number of ether oxygens (including phenoxy) is 1. The number of nitrogens with two attached hydrogens (primary N) is 1. The fraction of sp³-hybridized carbons (Fsp3) is 0.263. The third kappa shape index (κ3) is 4.97. The van der Waals surface area contributed by atoms with Gasteiger partial charge in [0.1, 0.15) is 12.4 Å². The summed E-state index contributed by atoms with van der Waals surface area (Å²) >= 11 is 0. The highest BCUT2D eigenvalue weighted by atomic mass is 16.5. The minimum absolute atomic E-state index is 0.355. The monoisotopic (exact) mass is 341 g/mol. The molecule has 0 radical (unpaired) electrons. The molecule has 0 unspecified atom stereocenters. The van der Waals surface area contributed by atoms with E-state index in [4.69, 9.17) is 10.5 Å². The molecule has 0 saturated heterocycles. The molecule has 2 aromatic carbocycles. The van der Waals surface area contributed by atoms with Gasteiger partial charge in [0.15, 0.2) is 0 Å². The third-order valence-corrected chi connectivity index (χ3v) is 3.80. The molecule has 0 bridgehead atoms. The Bertz CT molecular complexity index is 767. The van der Waals surface area contributed by atoms with E-state index in [1.807, 2.05) is 32.0 Å². The van der Waals surface area contributed by atoms with Crippen molar-refractivity contribution in [3.8, 4) is 5.75 Å². The fourth-order valence-corrected chi connectivity index (χ4v) is 2.48. The topological polar surface area (TPSA) is 93.4 Å². The molecule has 4 N–H and O–H groups in total. The molecule has 0 aliphatic rings. The zero-order chi connectivity index (χ0) is 18.4. The second-order valence-corrected chi connectivity index (χ2v) is 5.84. The first kappa shape index (κ1) is 18.3. The molecule has 6 heteroatoms. The number of carbonyl (C=O) groups is 2. The lowest BCUT2D eigenvalue weighted by atomic mass is 10.1. The van der Waals surface area contributed by atoms with Crippen LogP contribution in [0.3, 0.4) is 0 Å². The molecular formula is C19H23N3O3. The molecule has 0 aromatic heterocycles. The number of anilines is 1. The van der Waals surface area contributed by atoms with E-state index in [1.165, 1.54) is 0 Å². The maximum Gasteiger partial charge on any atom is 0.319 e. The summed E-state index contributed by atoms with van der Waals surface area (Å²) < 4.78 is 5.73. The number of nitrogens with one attached hydrogen (secondary N) is 2. The van der Waals surface area contributed by atoms with Gasteiger partial charge in [0.25, 0.3) is 0 Å². The van der Waals surface area contributed by atoms with Crippen LogP contribution >= 0.6 is 0 Å². The van der Waals surface area contributed by atoms with Gasteiger partial charge in [-0.05, 0) is 49.6 Å². The third-order valence-electron chi connectivity index (χ3n) is 3.80. The van der Waals surface area contributed by atoms with Gasteiger partial charge in [-0.15, -0.1) is 0 Å². The van der Waals surface area contributed by atoms with E-state index in [1.54, 1.807) is 25.1 Å². The molecule has 6 nitrogen and oxygen atoms in total. The molecule has 3 amide bonds. The van der Waals surface area contributed by atoms with Crippen molar-refractivity contribution in [3.05, 3.63) is 58.7 Å². The van der Waals surface area contributed by atoms with Crippen molar-refractivity contribution < 1.29 is 14.3 Å². The fourth-order valence-electron chi connectivity index (χ4n) is 2.48. The van der Waals surface area contributed by atoms with Crippen LogP contribution in [-0.4, -0.2) is 25.1 Å². The number of aryl methyl sites for hydroxylation is 3. The Balaban J connectivity index is 1.83. The number of hydrogen-bond donors (Lipinski definition) is 3. The molecule has 132 valence electrons. The van der Waals surface area contributed by atoms with Crippen LogP contribution in [0.1, 0.15) is 27.0 Å². The summed E-state index contributed by atoms with van der Waals surface area (Å²) in [6.45, 7) is 6.47. The zero-order valence-corrected chi connectivity index (χ0v) is 14.7. The standard InChI is InChI=1S/C19H23N3O3/c1-12-7-8-15(11-16(12)18(20)23)22-19(24)21-9-10-25-17-13(2)5-4-6-14(17)3/h4-8,11H,9-10H2,1-3H3,(H2,20,23)(H2,21,22,24). The Morgan fingerprint density at radius 3 is 2.36 bits per heavy atom. The number of rotatable bonds is 6. The van der Waals surface area contributed by atoms with E-state index in [2.05, 4.69) is 10.6 Å². The predicted octanol–water partition coefficient (Wildman–Crippen LogP) is 2.91. The van der Waals surface area contributed by atoms with E-state index in [0.717, 1.165) is 22.4 Å². The molecule has 2 rings (SSSR count). The number of amides is 3. The minimum Gasteiger partial charge on any atom is -0.491 e. The normalized spacial score (nSPS) is 10.2. The van der Waals surface area contributed by atoms with Gasteiger partial charge in [-0.3, -0.25) is 4.79 Å². The second-order valence-electron chi connectivity index (χ2n) is 5.84. The van der Waals surface area contributed by atoms with Crippen LogP contribution in [-0.2, 0) is 0 Å². The largest absolute Gasteiger partial charge is 0.491 e. The van der Waals surface area contributed by atoms with Crippen LogP contribution in [0.5, 0.6) is 5.75 Å². The molecule has 0 aliphatic heterocycles. The summed E-state index contributed by atoms with van der Waals surface area (Å²) in [5.74, 6) is 0.318. The summed E-state index contributed by atoms with van der Waals surface area (Å²) in [5, 5.41) is 5.38. The quantitative estimate of drug-likeness (QED) is 0.705. The lowest BCUT2D eigenvalue weighted by molar-refractivity contribution is 0.0999. The van der Waals surface area contributed by atoms with Crippen LogP contribution in [0, 0.1) is 20.8 Å². The first-order valence-corrected chi connectivity index (χ1v) is 8.03. The highest BCUT2D eigenvalue weighted by Crippen LogP contribution is 2.21. The van der Waals surface area contributed by atoms with Gasteiger partial charge < -0.3 is 21.1 Å². The van der Waals surface area contributed by atoms with Gasteiger partial charge in [0, 0.05) is 11.3 Å². The van der Waals surface area contributed by atoms with Crippen molar-refractivity contribution in [1.82, 2.24) is 5.32 Å². The number of urea groups is 1. The smallest absolute Gasteiger partial charge is 0.319 e. The Kier molecular flexibility index (Phi) is 6.00. The van der Waals surface area contributed by atoms with E-state index >= 15 is 0 Å². The van der Waals surface area contributed by atoms with Crippen LogP contribution in [0.2, 0.25) is 0 Å². The Morgan fingerprint density at radius 1 is 1.04 bits per heavy atom. The lowest BCUT2D eigenvalue weighted by Gasteiger charge is -2.13. The zero-order valence-electron chi connectivity index (χ0n) is 14.7. The average Bonchev–Trinajstić information content (AvgIpc) is 2.55. The van der Waals surface area contributed by atoms with Gasteiger partial charge >= 0.3 is 6.03 Å². The minimum atomic E-state index is -0.524. The lowest BCUT2D eigenvalue weighted by Crippen LogP contribution is -2.32. The predicted molar refractivity (Wildman–Crippen MR) is 98.1 cm³/mol. The van der Waals surface area contributed by atoms with Crippen molar-refractivity contribution >= 4 is 17.6 Å². The first-order chi connectivity index (χ1) is 11.9. The Hall–Kier alpha value is -3.02. The molecular weight excluding hydrogens is 318 g/mol. The first-order valence-electron chi connectivity index (χ1n) is 8.03. The maximum absolute atomic E-state index is 11.9. The highest BCUT2D eigenvalue weighted by Gasteiger charge is 2.08. The van der Waals surface area contributed by atoms with Gasteiger partial charge in [0.05, 0.1) is 6.54 Å². The van der Waals surface area contributed by atoms with E-state index < -0.39 is 5.91 Å². The second kappa shape index (κ2) is 8.19. The summed E-state index contributed by atoms with van der Waals surface area (Å²) in [7, 11) is 0. The summed E-state index contributed by atoms with van der Waals surface area (Å²) in [4.78, 5) is 23.3. The van der Waals surface area contributed by atoms with Gasteiger partial charge in [-0.2, -0.15) is 0 Å². The molecule has 25 heavy (non-hydrogen) atoms. The van der Waals surface area contributed by atoms with Crippen molar-refractivity contribution in [3.63, 3.8) is 0 Å². The molecule has 0 spiro atoms. The summed E-state index contributed by atoms with van der Waals surface area (Å²) in [6.07, 6.45) is 0. The Morgan fingerprint density at radius 2 is 1.72 bits per heavy atom. The number of carbonyl (C=O) groups excluding carboxylic acids is 2. The van der Waals surface area contributed by atoms with Gasteiger partial charge in [-0.25, -0.2) is 4.79 Å². The summed E-state index contributed by atoms with van der Waals surface area (Å²) in [6, 6.07) is 10.6. The number of para-hydroxylation sites is 1. The average molecular weight is 341 g/mol. The number of hydrogen-bond acceptors (Lipinski definition) is 3. The molecule has 0 heterocycles. The van der Waals surface area contributed by atoms with Crippen molar-refractivity contribution in [1.29, 1.82) is 0 Å². The van der Waals surface area contributed by atoms with Crippen LogP contribution in [0.4, 0.5) is 10.5 Å². The highest BCUT2D eigenvalue weighted by molar-refractivity contribution is 5.97. The summed E-state index contributed by atoms with van der Waals surface area (Å²) in [5.41, 5.74) is 9.08. The van der Waals surface area contributed by atoms with Crippen LogP contribution in [0.25, 0.3) is 0 Å². The van der Waals surface area contributed by atoms with Crippen molar-refractivity contribution in [2.45, 2.75) is 20.8 Å².